The molecule has 2 heterocycles. The molecule has 0 spiro atoms. The van der Waals surface area contributed by atoms with E-state index in [0.717, 1.165) is 38.8 Å². The summed E-state index contributed by atoms with van der Waals surface area (Å²) in [5, 5.41) is 10.4. The molecule has 1 saturated heterocycles. The van der Waals surface area contributed by atoms with Crippen molar-refractivity contribution in [1.29, 1.82) is 0 Å². The van der Waals surface area contributed by atoms with Gasteiger partial charge in [0.25, 0.3) is 0 Å². The van der Waals surface area contributed by atoms with Gasteiger partial charge in [0.15, 0.2) is 18.3 Å². The van der Waals surface area contributed by atoms with Crippen LogP contribution in [0.1, 0.15) is 63.5 Å². The van der Waals surface area contributed by atoms with E-state index in [1.54, 1.807) is 29.2 Å². The van der Waals surface area contributed by atoms with Gasteiger partial charge in [-0.25, -0.2) is 14.4 Å². The molecule has 3 aromatic rings. The van der Waals surface area contributed by atoms with Gasteiger partial charge in [0.2, 0.25) is 18.3 Å². The molecule has 0 bridgehead atoms. The molecule has 21 heteroatoms. The minimum Gasteiger partial charge on any atom is -0.481 e. The van der Waals surface area contributed by atoms with Crippen LogP contribution >= 0.6 is 11.6 Å². The Morgan fingerprint density at radius 2 is 1.38 bits per heavy atom. The smallest absolute Gasteiger partial charge is 0.415 e. The molecule has 2 aliphatic rings. The second-order valence-corrected chi connectivity index (χ2v) is 15.8. The summed E-state index contributed by atoms with van der Waals surface area (Å²) < 4.78 is 43.9. The average Bonchev–Trinajstić information content (AvgIpc) is 3.66. The van der Waals surface area contributed by atoms with Crippen molar-refractivity contribution in [2.75, 3.05) is 51.6 Å². The molecule has 0 unspecified atom stereocenters. The van der Waals surface area contributed by atoms with Crippen molar-refractivity contribution in [1.82, 2.24) is 9.80 Å². The van der Waals surface area contributed by atoms with Crippen LogP contribution < -0.4 is 14.4 Å². The average molecular weight is 942 g/mol. The SMILES string of the molecule is COC(=O)[C@H]1O[C@@H](Oc2ccc(COC(=O)N(C)CCN(C)C(=O)Oc3cc4c(c5ccccc35)[C@H](CCl)CN4C(=O)CCCCC(=O)O)cc2)[C@H](OC(C)=O)[C@@H](OC(C)=O)[C@@H]1OC(C)=O. The van der Waals surface area contributed by atoms with Gasteiger partial charge in [0.05, 0.1) is 12.8 Å². The summed E-state index contributed by atoms with van der Waals surface area (Å²) in [6, 6.07) is 15.1. The molecule has 3 aromatic carbocycles. The van der Waals surface area contributed by atoms with E-state index in [1.165, 1.54) is 36.0 Å². The van der Waals surface area contributed by atoms with Crippen molar-refractivity contribution in [3.63, 3.8) is 0 Å². The van der Waals surface area contributed by atoms with Crippen LogP contribution in [0.15, 0.2) is 54.6 Å². The fourth-order valence-corrected chi connectivity index (χ4v) is 7.68. The molecule has 0 aliphatic carbocycles. The van der Waals surface area contributed by atoms with Crippen molar-refractivity contribution in [2.24, 2.45) is 0 Å². The number of fused-ring (bicyclic) bond motifs is 3. The molecule has 1 fully saturated rings. The normalized spacial score (nSPS) is 19.7. The van der Waals surface area contributed by atoms with Crippen molar-refractivity contribution in [3.05, 3.63) is 65.7 Å². The predicted octanol–water partition coefficient (Wildman–Crippen LogP) is 4.92. The Kier molecular flexibility index (Phi) is 17.5. The van der Waals surface area contributed by atoms with E-state index >= 15 is 0 Å². The highest BCUT2D eigenvalue weighted by Crippen LogP contribution is 2.46. The van der Waals surface area contributed by atoms with Gasteiger partial charge in [-0.1, -0.05) is 36.4 Å². The van der Waals surface area contributed by atoms with Crippen molar-refractivity contribution >= 4 is 76.0 Å². The number of nitrogens with zero attached hydrogens (tertiary/aromatic N) is 3. The summed E-state index contributed by atoms with van der Waals surface area (Å²) in [6.45, 7) is 3.51. The van der Waals surface area contributed by atoms with Crippen LogP contribution in [0.4, 0.5) is 15.3 Å². The molecule has 66 heavy (non-hydrogen) atoms. The number of carboxylic acid groups (broad SMARTS) is 1. The maximum absolute atomic E-state index is 13.4. The molecule has 0 saturated carbocycles. The van der Waals surface area contributed by atoms with Gasteiger partial charge in [-0.2, -0.15) is 0 Å². The molecule has 6 atom stereocenters. The number of aliphatic carboxylic acids is 1. The Morgan fingerprint density at radius 3 is 1.98 bits per heavy atom. The monoisotopic (exact) mass is 941 g/mol. The lowest BCUT2D eigenvalue weighted by molar-refractivity contribution is -0.282. The van der Waals surface area contributed by atoms with Crippen molar-refractivity contribution in [2.45, 2.75) is 89.7 Å². The quantitative estimate of drug-likeness (QED) is 0.0770. The van der Waals surface area contributed by atoms with E-state index in [4.69, 9.17) is 54.6 Å². The van der Waals surface area contributed by atoms with Crippen molar-refractivity contribution < 1.29 is 81.4 Å². The number of benzene rings is 3. The van der Waals surface area contributed by atoms with E-state index in [-0.39, 0.29) is 61.7 Å². The minimum absolute atomic E-state index is 0.0347. The summed E-state index contributed by atoms with van der Waals surface area (Å²) in [7, 11) is 4.07. The number of halogens is 1. The maximum atomic E-state index is 13.4. The Labute approximate surface area is 384 Å². The molecule has 1 N–H and O–H groups in total. The Hall–Kier alpha value is -6.67. The number of carboxylic acids is 1. The largest absolute Gasteiger partial charge is 0.481 e. The zero-order valence-corrected chi connectivity index (χ0v) is 38.0. The molecule has 0 radical (unpaired) electrons. The third-order valence-corrected chi connectivity index (χ3v) is 11.0. The number of esters is 4. The summed E-state index contributed by atoms with van der Waals surface area (Å²) in [5.74, 6) is -4.17. The Bertz CT molecular complexity index is 2290. The van der Waals surface area contributed by atoms with Gasteiger partial charge in [-0.3, -0.25) is 24.0 Å². The standard InChI is InChI=1S/C45H52ClN3O17/c1-25(50)61-38-39(62-26(2)51)41(63-27(3)52)43(66-40(38)42(56)59-6)64-30-17-15-28(16-18-30)24-60-44(57)47(4)19-20-48(5)45(58)65-34-21-33-37(32-12-8-7-11-31(32)34)29(22-46)23-49(33)35(53)13-9-10-14-36(54)55/h7-8,11-12,15-18,21,29,38-41,43H,9-10,13-14,19-20,22-24H2,1-6H3,(H,54,55)/t29-,38+,39+,40+,41-,43-/m1/s1. The van der Waals surface area contributed by atoms with Crippen molar-refractivity contribution in [3.8, 4) is 11.5 Å². The number of carbonyl (C=O) groups is 8. The number of anilines is 1. The molecule has 2 aliphatic heterocycles. The number of ether oxygens (including phenoxy) is 8. The van der Waals surface area contributed by atoms with E-state index in [2.05, 4.69) is 0 Å². The van der Waals surface area contributed by atoms with Gasteiger partial charge in [-0.05, 0) is 41.5 Å². The van der Waals surface area contributed by atoms with Gasteiger partial charge < -0.3 is 57.7 Å². The summed E-state index contributed by atoms with van der Waals surface area (Å²) in [5.41, 5.74) is 1.97. The highest BCUT2D eigenvalue weighted by molar-refractivity contribution is 6.19. The number of hydrogen-bond donors (Lipinski definition) is 1. The Morgan fingerprint density at radius 1 is 0.788 bits per heavy atom. The maximum Gasteiger partial charge on any atom is 0.415 e. The summed E-state index contributed by atoms with van der Waals surface area (Å²) in [6.07, 6.45) is -8.34. The van der Waals surface area contributed by atoms with Crippen LogP contribution in [0.25, 0.3) is 10.8 Å². The summed E-state index contributed by atoms with van der Waals surface area (Å²) >= 11 is 6.38. The second-order valence-electron chi connectivity index (χ2n) is 15.5. The fraction of sp³-hybridized carbons (Fsp3) is 0.467. The van der Waals surface area contributed by atoms with E-state index < -0.39 is 72.7 Å². The van der Waals surface area contributed by atoms with Gasteiger partial charge in [0.1, 0.15) is 18.1 Å². The first-order chi connectivity index (χ1) is 31.4. The number of alkyl halides is 1. The minimum atomic E-state index is -1.64. The first kappa shape index (κ1) is 50.3. The van der Waals surface area contributed by atoms with E-state index in [0.29, 0.717) is 36.0 Å². The lowest BCUT2D eigenvalue weighted by atomic mass is 9.95. The van der Waals surface area contributed by atoms with Crippen LogP contribution in [-0.4, -0.2) is 140 Å². The number of hydrogen-bond acceptors (Lipinski definition) is 16. The van der Waals surface area contributed by atoms with Crippen LogP contribution in [0, 0.1) is 0 Å². The lowest BCUT2D eigenvalue weighted by Crippen LogP contribution is -2.64. The molecule has 3 amide bonds. The molecule has 0 aromatic heterocycles. The highest BCUT2D eigenvalue weighted by Gasteiger charge is 2.56. The Balaban J connectivity index is 1.18. The van der Waals surface area contributed by atoms with Crippen LogP contribution in [-0.2, 0) is 63.8 Å². The van der Waals surface area contributed by atoms with Gasteiger partial charge in [-0.15, -0.1) is 11.6 Å². The van der Waals surface area contributed by atoms with E-state index in [9.17, 15) is 38.4 Å². The fourth-order valence-electron chi connectivity index (χ4n) is 7.43. The zero-order chi connectivity index (χ0) is 48.2. The lowest BCUT2D eigenvalue weighted by Gasteiger charge is -2.43. The number of carbonyl (C=O) groups excluding carboxylic acids is 7. The van der Waals surface area contributed by atoms with Crippen LogP contribution in [0.2, 0.25) is 0 Å². The topological polar surface area (TPSA) is 240 Å². The number of methoxy groups -OCH3 is 1. The van der Waals surface area contributed by atoms with E-state index in [1.807, 2.05) is 18.2 Å². The number of rotatable bonds is 18. The first-order valence-electron chi connectivity index (χ1n) is 20.9. The predicted molar refractivity (Wildman–Crippen MR) is 232 cm³/mol. The van der Waals surface area contributed by atoms with Crippen LogP contribution in [0.3, 0.4) is 0 Å². The first-order valence-corrected chi connectivity index (χ1v) is 21.4. The molecule has 356 valence electrons. The van der Waals surface area contributed by atoms with Gasteiger partial charge in [0, 0.05) is 90.6 Å². The number of likely N-dealkylation sites (N-methyl/N-ethyl adjacent to an activating group) is 2. The number of amides is 3. The third-order valence-electron chi connectivity index (χ3n) is 10.6. The molecular weight excluding hydrogens is 890 g/mol. The number of unbranched alkanes of at least 4 members (excludes halogenated alkanes) is 1. The van der Waals surface area contributed by atoms with Gasteiger partial charge >= 0.3 is 42.0 Å². The zero-order valence-electron chi connectivity index (χ0n) is 37.2. The molecular formula is C45H52ClN3O17. The molecule has 5 rings (SSSR count). The molecule has 20 nitrogen and oxygen atoms in total. The second kappa shape index (κ2) is 23.0. The summed E-state index contributed by atoms with van der Waals surface area (Å²) in [4.78, 5) is 104. The third kappa shape index (κ3) is 12.8. The van der Waals surface area contributed by atoms with Crippen LogP contribution in [0.5, 0.6) is 11.5 Å². The highest BCUT2D eigenvalue weighted by atomic mass is 35.5.